The molecule has 5 rings (SSSR count). The second-order valence-corrected chi connectivity index (χ2v) is 10.0. The number of furan rings is 1. The Morgan fingerprint density at radius 1 is 1.07 bits per heavy atom. The van der Waals surface area contributed by atoms with E-state index in [0.717, 1.165) is 0 Å². The van der Waals surface area contributed by atoms with E-state index < -0.39 is 18.0 Å². The maximum atomic E-state index is 13.8. The number of allylic oxidation sites excluding steroid dienone is 1. The molecule has 11 heteroatoms. The summed E-state index contributed by atoms with van der Waals surface area (Å²) in [4.78, 5) is 43.1. The number of nitrogens with zero attached hydrogens (tertiary/aromatic N) is 2. The van der Waals surface area contributed by atoms with E-state index in [4.69, 9.17) is 23.7 Å². The number of esters is 1. The van der Waals surface area contributed by atoms with Gasteiger partial charge in [-0.15, -0.1) is 0 Å². The summed E-state index contributed by atoms with van der Waals surface area (Å²) in [6.45, 7) is 3.59. The van der Waals surface area contributed by atoms with Crippen LogP contribution in [-0.2, 0) is 9.53 Å². The van der Waals surface area contributed by atoms with Crippen LogP contribution >= 0.6 is 11.3 Å². The second-order valence-electron chi connectivity index (χ2n) is 9.00. The molecule has 0 bridgehead atoms. The van der Waals surface area contributed by atoms with Gasteiger partial charge in [0.1, 0.15) is 11.5 Å². The Labute approximate surface area is 238 Å². The number of aromatic nitrogens is 1. The number of aromatic carboxylic acids is 1. The minimum absolute atomic E-state index is 0.165. The zero-order valence-corrected chi connectivity index (χ0v) is 23.5. The van der Waals surface area contributed by atoms with Crippen molar-refractivity contribution >= 4 is 29.4 Å². The van der Waals surface area contributed by atoms with Crippen molar-refractivity contribution in [2.45, 2.75) is 19.9 Å². The van der Waals surface area contributed by atoms with Crippen molar-refractivity contribution < 1.29 is 33.3 Å². The van der Waals surface area contributed by atoms with Crippen LogP contribution in [0.2, 0.25) is 0 Å². The van der Waals surface area contributed by atoms with Gasteiger partial charge in [-0.3, -0.25) is 9.36 Å². The molecular formula is C30H26N2O8S. The Bertz CT molecular complexity index is 1860. The number of hydrogen-bond donors (Lipinski definition) is 1. The van der Waals surface area contributed by atoms with Gasteiger partial charge < -0.3 is 23.7 Å². The average molecular weight is 575 g/mol. The molecule has 0 fully saturated rings. The minimum atomic E-state index is -1.01. The molecule has 0 saturated heterocycles. The van der Waals surface area contributed by atoms with Crippen molar-refractivity contribution in [1.29, 1.82) is 0 Å². The number of carboxylic acid groups (broad SMARTS) is 1. The summed E-state index contributed by atoms with van der Waals surface area (Å²) in [5.41, 5.74) is 1.83. The van der Waals surface area contributed by atoms with Crippen molar-refractivity contribution in [3.8, 4) is 22.8 Å². The van der Waals surface area contributed by atoms with Crippen molar-refractivity contribution in [1.82, 2.24) is 4.57 Å². The smallest absolute Gasteiger partial charge is 0.338 e. The number of ether oxygens (including phenoxy) is 3. The first-order chi connectivity index (χ1) is 19.7. The molecule has 0 saturated carbocycles. The fraction of sp³-hybridized carbons (Fsp3) is 0.200. The second kappa shape index (κ2) is 11.3. The molecule has 1 atom stereocenters. The fourth-order valence-corrected chi connectivity index (χ4v) is 5.65. The van der Waals surface area contributed by atoms with Crippen LogP contribution in [0.3, 0.4) is 0 Å². The number of rotatable bonds is 8. The van der Waals surface area contributed by atoms with Crippen LogP contribution in [0.5, 0.6) is 11.5 Å². The van der Waals surface area contributed by atoms with E-state index in [1.807, 2.05) is 0 Å². The van der Waals surface area contributed by atoms with Gasteiger partial charge in [0.15, 0.2) is 16.3 Å². The third-order valence-electron chi connectivity index (χ3n) is 6.56. The standard InChI is InChI=1S/C30H26N2O8S/c1-5-39-29(36)25-16(2)31-30-32(26(25)19-10-12-22(37-3)23(14-19)38-4)27(33)24(41-30)15-20-11-13-21(40-20)17-6-8-18(9-7-17)28(34)35/h6-15,26H,5H2,1-4H3,(H,34,35). The molecule has 2 aromatic heterocycles. The van der Waals surface area contributed by atoms with Gasteiger partial charge in [0.2, 0.25) is 0 Å². The molecule has 1 N–H and O–H groups in total. The Balaban J connectivity index is 1.62. The van der Waals surface area contributed by atoms with Gasteiger partial charge in [0, 0.05) is 11.6 Å². The average Bonchev–Trinajstić information content (AvgIpc) is 3.56. The van der Waals surface area contributed by atoms with Crippen LogP contribution in [0.1, 0.15) is 41.6 Å². The molecule has 210 valence electrons. The molecule has 2 aromatic carbocycles. The Morgan fingerprint density at radius 3 is 2.46 bits per heavy atom. The number of benzene rings is 2. The van der Waals surface area contributed by atoms with Gasteiger partial charge in [-0.1, -0.05) is 29.5 Å². The molecule has 0 aliphatic carbocycles. The van der Waals surface area contributed by atoms with Crippen molar-refractivity contribution in [2.75, 3.05) is 20.8 Å². The molecule has 1 aliphatic heterocycles. The number of carbonyl (C=O) groups is 2. The lowest BCUT2D eigenvalue weighted by molar-refractivity contribution is -0.139. The monoisotopic (exact) mass is 574 g/mol. The summed E-state index contributed by atoms with van der Waals surface area (Å²) < 4.78 is 24.0. The quantitative estimate of drug-likeness (QED) is 0.315. The van der Waals surface area contributed by atoms with Gasteiger partial charge in [-0.2, -0.15) is 0 Å². The number of carbonyl (C=O) groups excluding carboxylic acids is 1. The number of thiazole rings is 1. The molecule has 0 amide bonds. The minimum Gasteiger partial charge on any atom is -0.493 e. The summed E-state index contributed by atoms with van der Waals surface area (Å²) in [7, 11) is 3.04. The summed E-state index contributed by atoms with van der Waals surface area (Å²) >= 11 is 1.17. The van der Waals surface area contributed by atoms with Crippen LogP contribution < -0.4 is 24.4 Å². The molecule has 3 heterocycles. The third-order valence-corrected chi connectivity index (χ3v) is 7.54. The number of fused-ring (bicyclic) bond motifs is 1. The van der Waals surface area contributed by atoms with Crippen molar-refractivity contribution in [3.63, 3.8) is 0 Å². The van der Waals surface area contributed by atoms with E-state index in [1.165, 1.54) is 42.3 Å². The Morgan fingerprint density at radius 2 is 1.80 bits per heavy atom. The predicted molar refractivity (Wildman–Crippen MR) is 151 cm³/mol. The molecule has 4 aromatic rings. The summed E-state index contributed by atoms with van der Waals surface area (Å²) in [5, 5.41) is 9.13. The Hall–Kier alpha value is -4.90. The summed E-state index contributed by atoms with van der Waals surface area (Å²) in [6.07, 6.45) is 1.62. The Kier molecular flexibility index (Phi) is 7.62. The molecule has 1 aliphatic rings. The molecule has 10 nitrogen and oxygen atoms in total. The van der Waals surface area contributed by atoms with Gasteiger partial charge in [0.05, 0.1) is 48.2 Å². The molecule has 0 spiro atoms. The van der Waals surface area contributed by atoms with Crippen LogP contribution in [-0.4, -0.2) is 42.4 Å². The van der Waals surface area contributed by atoms with E-state index >= 15 is 0 Å². The van der Waals surface area contributed by atoms with Crippen molar-refractivity contribution in [3.05, 3.63) is 102 Å². The highest BCUT2D eigenvalue weighted by Gasteiger charge is 2.34. The SMILES string of the molecule is CCOC(=O)C1=C(C)N=c2sc(=Cc3ccc(-c4ccc(C(=O)O)cc4)o3)c(=O)n2C1c1ccc(OC)c(OC)c1. The zero-order chi connectivity index (χ0) is 29.3. The van der Waals surface area contributed by atoms with E-state index in [2.05, 4.69) is 4.99 Å². The third kappa shape index (κ3) is 5.19. The lowest BCUT2D eigenvalue weighted by atomic mass is 9.95. The topological polar surface area (TPSA) is 130 Å². The maximum absolute atomic E-state index is 13.8. The lowest BCUT2D eigenvalue weighted by Crippen LogP contribution is -2.39. The van der Waals surface area contributed by atoms with Gasteiger partial charge in [-0.05, 0) is 55.8 Å². The van der Waals surface area contributed by atoms with E-state index in [9.17, 15) is 14.4 Å². The molecule has 0 radical (unpaired) electrons. The van der Waals surface area contributed by atoms with Crippen molar-refractivity contribution in [2.24, 2.45) is 4.99 Å². The summed E-state index contributed by atoms with van der Waals surface area (Å²) in [5.74, 6) is 0.325. The van der Waals surface area contributed by atoms with E-state index in [-0.39, 0.29) is 23.3 Å². The summed E-state index contributed by atoms with van der Waals surface area (Å²) in [6, 6.07) is 14.2. The van der Waals surface area contributed by atoms with Gasteiger partial charge in [0.25, 0.3) is 5.56 Å². The van der Waals surface area contributed by atoms with E-state index in [1.54, 1.807) is 62.4 Å². The molecular weight excluding hydrogens is 548 g/mol. The van der Waals surface area contributed by atoms with E-state index in [0.29, 0.717) is 49.2 Å². The van der Waals surface area contributed by atoms with Crippen LogP contribution in [0.15, 0.2) is 80.1 Å². The molecule has 1 unspecified atom stereocenters. The fourth-order valence-electron chi connectivity index (χ4n) is 4.62. The van der Waals surface area contributed by atoms with Crippen LogP contribution in [0, 0.1) is 0 Å². The highest BCUT2D eigenvalue weighted by atomic mass is 32.1. The first-order valence-electron chi connectivity index (χ1n) is 12.6. The molecule has 41 heavy (non-hydrogen) atoms. The lowest BCUT2D eigenvalue weighted by Gasteiger charge is -2.25. The first kappa shape index (κ1) is 27.7. The normalized spacial score (nSPS) is 14.8. The first-order valence-corrected chi connectivity index (χ1v) is 13.4. The highest BCUT2D eigenvalue weighted by molar-refractivity contribution is 7.07. The zero-order valence-electron chi connectivity index (χ0n) is 22.7. The highest BCUT2D eigenvalue weighted by Crippen LogP contribution is 2.36. The van der Waals surface area contributed by atoms with Gasteiger partial charge in [-0.25, -0.2) is 14.6 Å². The van der Waals surface area contributed by atoms with Crippen LogP contribution in [0.4, 0.5) is 0 Å². The maximum Gasteiger partial charge on any atom is 0.338 e. The van der Waals surface area contributed by atoms with Gasteiger partial charge >= 0.3 is 11.9 Å². The number of methoxy groups -OCH3 is 2. The number of carboxylic acids is 1. The number of hydrogen-bond acceptors (Lipinski definition) is 9. The largest absolute Gasteiger partial charge is 0.493 e. The van der Waals surface area contributed by atoms with Crippen LogP contribution in [0.25, 0.3) is 17.4 Å². The predicted octanol–water partition coefficient (Wildman–Crippen LogP) is 3.77.